The van der Waals surface area contributed by atoms with Crippen LogP contribution in [-0.2, 0) is 9.47 Å². The third kappa shape index (κ3) is 4.46. The van der Waals surface area contributed by atoms with Gasteiger partial charge in [0.2, 0.25) is 0 Å². The summed E-state index contributed by atoms with van der Waals surface area (Å²) in [5, 5.41) is 6.94. The van der Waals surface area contributed by atoms with Crippen LogP contribution >= 0.6 is 24.0 Å². The molecular formula is C15H29IN4O2. The first kappa shape index (κ1) is 18.2. The summed E-state index contributed by atoms with van der Waals surface area (Å²) >= 11 is 0. The Morgan fingerprint density at radius 1 is 1.36 bits per heavy atom. The predicted octanol–water partition coefficient (Wildman–Crippen LogP) is 0.810. The maximum absolute atomic E-state index is 5.88. The van der Waals surface area contributed by atoms with E-state index in [0.29, 0.717) is 24.3 Å². The minimum atomic E-state index is 0. The van der Waals surface area contributed by atoms with Gasteiger partial charge in [-0.25, -0.2) is 0 Å². The molecule has 4 atom stereocenters. The number of fused-ring (bicyclic) bond motifs is 2. The van der Waals surface area contributed by atoms with Gasteiger partial charge in [-0.15, -0.1) is 24.0 Å². The van der Waals surface area contributed by atoms with Crippen molar-refractivity contribution in [2.45, 2.75) is 50.5 Å². The molecule has 0 radical (unpaired) electrons. The fourth-order valence-electron chi connectivity index (χ4n) is 3.57. The van der Waals surface area contributed by atoms with Gasteiger partial charge in [-0.05, 0) is 26.2 Å². The van der Waals surface area contributed by atoms with Gasteiger partial charge in [-0.3, -0.25) is 9.89 Å². The third-order valence-corrected chi connectivity index (χ3v) is 4.85. The van der Waals surface area contributed by atoms with Crippen molar-refractivity contribution in [3.63, 3.8) is 0 Å². The fourth-order valence-corrected chi connectivity index (χ4v) is 3.57. The minimum absolute atomic E-state index is 0. The highest BCUT2D eigenvalue weighted by atomic mass is 127. The van der Waals surface area contributed by atoms with Crippen LogP contribution in [-0.4, -0.2) is 75.0 Å². The van der Waals surface area contributed by atoms with Crippen LogP contribution in [0, 0.1) is 0 Å². The Balaban J connectivity index is 0.00000176. The highest BCUT2D eigenvalue weighted by molar-refractivity contribution is 14.0. The quantitative estimate of drug-likeness (QED) is 0.398. The first-order valence-corrected chi connectivity index (χ1v) is 8.20. The van der Waals surface area contributed by atoms with E-state index in [2.05, 4.69) is 27.4 Å². The van der Waals surface area contributed by atoms with Crippen LogP contribution in [0.5, 0.6) is 0 Å². The zero-order valence-electron chi connectivity index (χ0n) is 13.6. The normalized spacial score (nSPS) is 35.3. The number of guanidine groups is 1. The topological polar surface area (TPSA) is 58.1 Å². The largest absolute Gasteiger partial charge is 0.379 e. The second kappa shape index (κ2) is 8.65. The third-order valence-electron chi connectivity index (χ3n) is 4.85. The fraction of sp³-hybridized carbons (Fsp3) is 0.933. The SMILES string of the molecule is CN=C(NCCN1CCOCC1C)NC1CC2CCC1O2.I. The lowest BCUT2D eigenvalue weighted by Gasteiger charge is -2.33. The van der Waals surface area contributed by atoms with Crippen molar-refractivity contribution in [1.29, 1.82) is 0 Å². The number of ether oxygens (including phenoxy) is 2. The number of morpholine rings is 1. The summed E-state index contributed by atoms with van der Waals surface area (Å²) in [6.07, 6.45) is 4.38. The summed E-state index contributed by atoms with van der Waals surface area (Å²) in [4.78, 5) is 6.80. The first-order valence-electron chi connectivity index (χ1n) is 8.20. The van der Waals surface area contributed by atoms with Gasteiger partial charge < -0.3 is 20.1 Å². The van der Waals surface area contributed by atoms with Crippen molar-refractivity contribution in [2.75, 3.05) is 39.9 Å². The van der Waals surface area contributed by atoms with Crippen molar-refractivity contribution < 1.29 is 9.47 Å². The molecule has 3 aliphatic rings. The summed E-state index contributed by atoms with van der Waals surface area (Å²) in [7, 11) is 1.83. The molecular weight excluding hydrogens is 395 g/mol. The van der Waals surface area contributed by atoms with E-state index < -0.39 is 0 Å². The average molecular weight is 424 g/mol. The van der Waals surface area contributed by atoms with Gasteiger partial charge in [-0.1, -0.05) is 0 Å². The minimum Gasteiger partial charge on any atom is -0.379 e. The standard InChI is InChI=1S/C15H28N4O2.HI/c1-11-10-20-8-7-19(11)6-5-17-15(16-2)18-13-9-12-3-4-14(13)21-12;/h11-14H,3-10H2,1-2H3,(H2,16,17,18);1H. The summed E-state index contributed by atoms with van der Waals surface area (Å²) in [5.41, 5.74) is 0. The van der Waals surface area contributed by atoms with E-state index >= 15 is 0 Å². The molecule has 0 aromatic rings. The molecule has 2 bridgehead atoms. The highest BCUT2D eigenvalue weighted by Crippen LogP contribution is 2.34. The summed E-state index contributed by atoms with van der Waals surface area (Å²) < 4.78 is 11.3. The van der Waals surface area contributed by atoms with Crippen molar-refractivity contribution >= 4 is 29.9 Å². The van der Waals surface area contributed by atoms with Crippen LogP contribution in [0.1, 0.15) is 26.2 Å². The van der Waals surface area contributed by atoms with Gasteiger partial charge in [0, 0.05) is 32.7 Å². The molecule has 22 heavy (non-hydrogen) atoms. The van der Waals surface area contributed by atoms with Crippen LogP contribution in [0.3, 0.4) is 0 Å². The molecule has 2 N–H and O–H groups in total. The summed E-state index contributed by atoms with van der Waals surface area (Å²) in [5.74, 6) is 0.900. The van der Waals surface area contributed by atoms with Crippen LogP contribution in [0.2, 0.25) is 0 Å². The molecule has 3 aliphatic heterocycles. The second-order valence-electron chi connectivity index (χ2n) is 6.32. The van der Waals surface area contributed by atoms with E-state index in [0.717, 1.165) is 45.2 Å². The molecule has 3 heterocycles. The number of nitrogens with one attached hydrogen (secondary N) is 2. The van der Waals surface area contributed by atoms with Crippen LogP contribution in [0.25, 0.3) is 0 Å². The Labute approximate surface area is 150 Å². The van der Waals surface area contributed by atoms with Gasteiger partial charge in [0.15, 0.2) is 5.96 Å². The van der Waals surface area contributed by atoms with E-state index in [9.17, 15) is 0 Å². The highest BCUT2D eigenvalue weighted by Gasteiger charge is 2.41. The molecule has 3 saturated heterocycles. The van der Waals surface area contributed by atoms with Gasteiger partial charge in [-0.2, -0.15) is 0 Å². The smallest absolute Gasteiger partial charge is 0.191 e. The van der Waals surface area contributed by atoms with Crippen LogP contribution < -0.4 is 10.6 Å². The number of hydrogen-bond acceptors (Lipinski definition) is 4. The van der Waals surface area contributed by atoms with E-state index in [1.807, 2.05) is 7.05 Å². The lowest BCUT2D eigenvalue weighted by molar-refractivity contribution is 0.000871. The Hall–Kier alpha value is -0.120. The molecule has 4 unspecified atom stereocenters. The monoisotopic (exact) mass is 424 g/mol. The molecule has 0 saturated carbocycles. The van der Waals surface area contributed by atoms with Crippen molar-refractivity contribution in [3.05, 3.63) is 0 Å². The molecule has 6 nitrogen and oxygen atoms in total. The number of aliphatic imine (C=N–C) groups is 1. The van der Waals surface area contributed by atoms with Gasteiger partial charge in [0.25, 0.3) is 0 Å². The van der Waals surface area contributed by atoms with Gasteiger partial charge in [0.05, 0.1) is 31.5 Å². The molecule has 3 fully saturated rings. The number of nitrogens with zero attached hydrogens (tertiary/aromatic N) is 2. The maximum Gasteiger partial charge on any atom is 0.191 e. The Bertz CT molecular complexity index is 383. The summed E-state index contributed by atoms with van der Waals surface area (Å²) in [6, 6.07) is 0.937. The van der Waals surface area contributed by atoms with Crippen molar-refractivity contribution in [2.24, 2.45) is 4.99 Å². The zero-order valence-corrected chi connectivity index (χ0v) is 15.9. The lowest BCUT2D eigenvalue weighted by Crippen LogP contribution is -2.51. The molecule has 3 rings (SSSR count). The van der Waals surface area contributed by atoms with E-state index in [1.54, 1.807) is 0 Å². The average Bonchev–Trinajstić information content (AvgIpc) is 3.10. The number of rotatable bonds is 4. The van der Waals surface area contributed by atoms with Crippen LogP contribution in [0.4, 0.5) is 0 Å². The Morgan fingerprint density at radius 3 is 2.86 bits per heavy atom. The molecule has 0 aliphatic carbocycles. The number of hydrogen-bond donors (Lipinski definition) is 2. The van der Waals surface area contributed by atoms with E-state index in [4.69, 9.17) is 9.47 Å². The molecule has 0 aromatic carbocycles. The van der Waals surface area contributed by atoms with Gasteiger partial charge >= 0.3 is 0 Å². The summed E-state index contributed by atoms with van der Waals surface area (Å²) in [6.45, 7) is 6.87. The lowest BCUT2D eigenvalue weighted by atomic mass is 9.96. The Kier molecular flexibility index (Phi) is 7.17. The van der Waals surface area contributed by atoms with Crippen molar-refractivity contribution in [1.82, 2.24) is 15.5 Å². The predicted molar refractivity (Wildman–Crippen MR) is 98.1 cm³/mol. The molecule has 128 valence electrons. The maximum atomic E-state index is 5.88. The van der Waals surface area contributed by atoms with Crippen LogP contribution in [0.15, 0.2) is 4.99 Å². The molecule has 0 amide bonds. The zero-order chi connectivity index (χ0) is 14.7. The molecule has 0 spiro atoms. The second-order valence-corrected chi connectivity index (χ2v) is 6.32. The number of halogens is 1. The Morgan fingerprint density at radius 2 is 2.23 bits per heavy atom. The molecule has 0 aromatic heterocycles. The molecule has 7 heteroatoms. The van der Waals surface area contributed by atoms with Crippen molar-refractivity contribution in [3.8, 4) is 0 Å². The van der Waals surface area contributed by atoms with E-state index in [1.165, 1.54) is 12.8 Å². The first-order chi connectivity index (χ1) is 10.3. The van der Waals surface area contributed by atoms with Gasteiger partial charge in [0.1, 0.15) is 0 Å². The van der Waals surface area contributed by atoms with E-state index in [-0.39, 0.29) is 24.0 Å².